The first-order chi connectivity index (χ1) is 15.8. The Hall–Kier alpha value is -3.76. The van der Waals surface area contributed by atoms with Gasteiger partial charge < -0.3 is 9.72 Å². The number of hydrogen-bond acceptors (Lipinski definition) is 6. The van der Waals surface area contributed by atoms with Gasteiger partial charge in [0.05, 0.1) is 22.0 Å². The van der Waals surface area contributed by atoms with E-state index in [1.165, 1.54) is 12.1 Å². The number of benzene rings is 3. The predicted molar refractivity (Wildman–Crippen MR) is 128 cm³/mol. The minimum Gasteiger partial charge on any atom is -0.481 e. The van der Waals surface area contributed by atoms with E-state index in [9.17, 15) is 19.7 Å². The van der Waals surface area contributed by atoms with Crippen molar-refractivity contribution in [3.63, 3.8) is 0 Å². The van der Waals surface area contributed by atoms with Gasteiger partial charge >= 0.3 is 11.4 Å². The molecule has 0 atom stereocenters. The SMILES string of the molecule is O=c1[nH]c2ccccc2c(=O)n1N=Cc1cc(Br)cc([N+](=O)[O-])c1OCc1ccccc1Cl. The Morgan fingerprint density at radius 2 is 1.88 bits per heavy atom. The molecule has 0 fully saturated rings. The van der Waals surface area contributed by atoms with Gasteiger partial charge in [-0.3, -0.25) is 14.9 Å². The number of aromatic amines is 1. The smallest absolute Gasteiger partial charge is 0.349 e. The van der Waals surface area contributed by atoms with Gasteiger partial charge in [-0.15, -0.1) is 4.68 Å². The van der Waals surface area contributed by atoms with Gasteiger partial charge in [0, 0.05) is 26.7 Å². The van der Waals surface area contributed by atoms with Gasteiger partial charge in [-0.2, -0.15) is 5.10 Å². The molecule has 4 rings (SSSR count). The fourth-order valence-electron chi connectivity index (χ4n) is 3.13. The van der Waals surface area contributed by atoms with Gasteiger partial charge in [0.2, 0.25) is 5.75 Å². The molecule has 4 aromatic rings. The molecule has 3 aromatic carbocycles. The number of rotatable bonds is 6. The number of nitrogens with zero attached hydrogens (tertiary/aromatic N) is 3. The molecular weight excluding hydrogens is 516 g/mol. The van der Waals surface area contributed by atoms with Crippen molar-refractivity contribution in [2.24, 2.45) is 5.10 Å². The summed E-state index contributed by atoms with van der Waals surface area (Å²) in [7, 11) is 0. The fraction of sp³-hybridized carbons (Fsp3) is 0.0455. The number of hydrogen-bond donors (Lipinski definition) is 1. The van der Waals surface area contributed by atoms with Crippen molar-refractivity contribution < 1.29 is 9.66 Å². The topological polar surface area (TPSA) is 120 Å². The molecule has 0 amide bonds. The molecule has 9 nitrogen and oxygen atoms in total. The monoisotopic (exact) mass is 528 g/mol. The molecule has 0 aliphatic rings. The van der Waals surface area contributed by atoms with Crippen LogP contribution in [0.3, 0.4) is 0 Å². The minimum absolute atomic E-state index is 0.0422. The van der Waals surface area contributed by atoms with E-state index in [-0.39, 0.29) is 29.0 Å². The third-order valence-corrected chi connectivity index (χ3v) is 5.51. The van der Waals surface area contributed by atoms with Crippen LogP contribution in [0.2, 0.25) is 5.02 Å². The lowest BCUT2D eigenvalue weighted by molar-refractivity contribution is -0.386. The molecule has 0 saturated carbocycles. The normalized spacial score (nSPS) is 11.2. The van der Waals surface area contributed by atoms with Crippen LogP contribution in [0.4, 0.5) is 5.69 Å². The summed E-state index contributed by atoms with van der Waals surface area (Å²) in [5.41, 5.74) is -0.519. The number of ether oxygens (including phenoxy) is 1. The Kier molecular flexibility index (Phi) is 6.38. The number of H-pyrrole nitrogens is 1. The zero-order valence-corrected chi connectivity index (χ0v) is 19.0. The Bertz CT molecular complexity index is 1530. The highest BCUT2D eigenvalue weighted by atomic mass is 79.9. The summed E-state index contributed by atoms with van der Waals surface area (Å²) in [4.78, 5) is 38.7. The molecule has 0 aliphatic heterocycles. The van der Waals surface area contributed by atoms with Crippen LogP contribution < -0.4 is 16.0 Å². The zero-order valence-electron chi connectivity index (χ0n) is 16.7. The van der Waals surface area contributed by atoms with Gasteiger partial charge in [-0.1, -0.05) is 57.9 Å². The number of para-hydroxylation sites is 1. The highest BCUT2D eigenvalue weighted by Gasteiger charge is 2.21. The second-order valence-electron chi connectivity index (χ2n) is 6.82. The van der Waals surface area contributed by atoms with Gasteiger partial charge in [0.25, 0.3) is 5.56 Å². The van der Waals surface area contributed by atoms with Gasteiger partial charge in [0.15, 0.2) is 0 Å². The van der Waals surface area contributed by atoms with Crippen molar-refractivity contribution in [3.05, 3.63) is 112 Å². The van der Waals surface area contributed by atoms with Crippen molar-refractivity contribution >= 4 is 50.3 Å². The predicted octanol–water partition coefficient (Wildman–Crippen LogP) is 4.48. The standard InChI is InChI=1S/C22H14BrClN4O5/c23-15-9-14(11-25-27-21(29)16-6-2-4-8-18(16)26-22(27)30)20(19(10-15)28(31)32)33-12-13-5-1-3-7-17(13)24/h1-11H,12H2,(H,26,30). The summed E-state index contributed by atoms with van der Waals surface area (Å²) in [6.07, 6.45) is 1.16. The Morgan fingerprint density at radius 1 is 1.15 bits per heavy atom. The first-order valence-corrected chi connectivity index (χ1v) is 10.6. The van der Waals surface area contributed by atoms with E-state index in [2.05, 4.69) is 26.0 Å². The van der Waals surface area contributed by atoms with Crippen molar-refractivity contribution in [2.45, 2.75) is 6.61 Å². The van der Waals surface area contributed by atoms with Gasteiger partial charge in [0.1, 0.15) is 6.61 Å². The van der Waals surface area contributed by atoms with E-state index in [4.69, 9.17) is 16.3 Å². The molecule has 0 spiro atoms. The van der Waals surface area contributed by atoms with Crippen LogP contribution in [-0.4, -0.2) is 20.8 Å². The second-order valence-corrected chi connectivity index (χ2v) is 8.14. The van der Waals surface area contributed by atoms with Crippen LogP contribution in [-0.2, 0) is 6.61 Å². The number of nitro groups is 1. The average molecular weight is 530 g/mol. The number of halogens is 2. The molecule has 1 N–H and O–H groups in total. The molecule has 0 radical (unpaired) electrons. The quantitative estimate of drug-likeness (QED) is 0.224. The van der Waals surface area contributed by atoms with Crippen molar-refractivity contribution in [2.75, 3.05) is 0 Å². The van der Waals surface area contributed by atoms with E-state index < -0.39 is 16.2 Å². The van der Waals surface area contributed by atoms with Crippen LogP contribution in [0.25, 0.3) is 10.9 Å². The summed E-state index contributed by atoms with van der Waals surface area (Å²) >= 11 is 9.39. The number of aromatic nitrogens is 2. The summed E-state index contributed by atoms with van der Waals surface area (Å²) in [6.45, 7) is -0.0422. The summed E-state index contributed by atoms with van der Waals surface area (Å²) in [6, 6.07) is 16.3. The maximum absolute atomic E-state index is 12.7. The molecule has 1 aromatic heterocycles. The van der Waals surface area contributed by atoms with Crippen LogP contribution in [0, 0.1) is 10.1 Å². The van der Waals surface area contributed by atoms with E-state index in [1.807, 2.05) is 0 Å². The van der Waals surface area contributed by atoms with E-state index in [0.29, 0.717) is 25.3 Å². The average Bonchev–Trinajstić information content (AvgIpc) is 2.78. The summed E-state index contributed by atoms with van der Waals surface area (Å²) in [5, 5.41) is 16.4. The molecule has 166 valence electrons. The lowest BCUT2D eigenvalue weighted by atomic mass is 10.2. The van der Waals surface area contributed by atoms with Crippen LogP contribution in [0.1, 0.15) is 11.1 Å². The molecule has 0 saturated heterocycles. The van der Waals surface area contributed by atoms with Crippen LogP contribution in [0.5, 0.6) is 5.75 Å². The Balaban J connectivity index is 1.79. The molecule has 0 unspecified atom stereocenters. The first-order valence-electron chi connectivity index (χ1n) is 9.47. The summed E-state index contributed by atoms with van der Waals surface area (Å²) in [5.74, 6) is -0.0860. The maximum atomic E-state index is 12.7. The van der Waals surface area contributed by atoms with Crippen molar-refractivity contribution in [1.82, 2.24) is 9.66 Å². The largest absolute Gasteiger partial charge is 0.481 e. The van der Waals surface area contributed by atoms with E-state index >= 15 is 0 Å². The first kappa shape index (κ1) is 22.4. The van der Waals surface area contributed by atoms with Gasteiger partial charge in [-0.25, -0.2) is 4.79 Å². The third-order valence-electron chi connectivity index (χ3n) is 4.69. The number of fused-ring (bicyclic) bond motifs is 1. The van der Waals surface area contributed by atoms with Crippen LogP contribution in [0.15, 0.2) is 79.8 Å². The molecular formula is C22H14BrClN4O5. The van der Waals surface area contributed by atoms with Crippen molar-refractivity contribution in [1.29, 1.82) is 0 Å². The molecule has 1 heterocycles. The molecule has 0 aliphatic carbocycles. The summed E-state index contributed by atoms with van der Waals surface area (Å²) < 4.78 is 6.79. The molecule has 11 heteroatoms. The highest BCUT2D eigenvalue weighted by Crippen LogP contribution is 2.35. The minimum atomic E-state index is -0.752. The molecule has 33 heavy (non-hydrogen) atoms. The Morgan fingerprint density at radius 3 is 2.64 bits per heavy atom. The third kappa shape index (κ3) is 4.71. The Labute approximate surface area is 199 Å². The van der Waals surface area contributed by atoms with Crippen LogP contribution >= 0.6 is 27.5 Å². The number of nitrogens with one attached hydrogen (secondary N) is 1. The number of nitro benzene ring substituents is 1. The zero-order chi connectivity index (χ0) is 23.5. The lowest BCUT2D eigenvalue weighted by Crippen LogP contribution is -2.32. The van der Waals surface area contributed by atoms with E-state index in [1.54, 1.807) is 48.5 Å². The maximum Gasteiger partial charge on any atom is 0.349 e. The second kappa shape index (κ2) is 9.39. The van der Waals surface area contributed by atoms with E-state index in [0.717, 1.165) is 6.21 Å². The fourth-order valence-corrected chi connectivity index (χ4v) is 3.79. The lowest BCUT2D eigenvalue weighted by Gasteiger charge is -2.11. The van der Waals surface area contributed by atoms with Crippen molar-refractivity contribution in [3.8, 4) is 5.75 Å². The van der Waals surface area contributed by atoms with Gasteiger partial charge in [-0.05, 0) is 24.3 Å². The molecule has 0 bridgehead atoms. The highest BCUT2D eigenvalue weighted by molar-refractivity contribution is 9.10.